The number of benzene rings is 1. The normalized spacial score (nSPS) is 16.7. The molecule has 1 aromatic carbocycles. The number of carbonyl (C=O) groups is 1. The van der Waals surface area contributed by atoms with E-state index in [1.807, 2.05) is 24.3 Å². The molecule has 29 heavy (non-hydrogen) atoms. The van der Waals surface area contributed by atoms with Crippen molar-refractivity contribution in [3.63, 3.8) is 0 Å². The number of likely N-dealkylation sites (tertiary alicyclic amines) is 1. The van der Waals surface area contributed by atoms with Crippen molar-refractivity contribution in [2.24, 2.45) is 0 Å². The number of nitrogens with zero attached hydrogens (tertiary/aromatic N) is 1. The van der Waals surface area contributed by atoms with E-state index in [0.717, 1.165) is 37.9 Å². The maximum atomic E-state index is 12.5. The van der Waals surface area contributed by atoms with Gasteiger partial charge in [0.2, 0.25) is 5.91 Å². The lowest BCUT2D eigenvalue weighted by Gasteiger charge is -2.29. The first-order valence-electron chi connectivity index (χ1n) is 11.4. The van der Waals surface area contributed by atoms with Crippen LogP contribution in [0.2, 0.25) is 0 Å². The Labute approximate surface area is 176 Å². The Morgan fingerprint density at radius 2 is 1.83 bits per heavy atom. The molecular formula is C24H40N2O3. The number of aliphatic hydroxyl groups is 1. The second-order valence-electron chi connectivity index (χ2n) is 8.28. The van der Waals surface area contributed by atoms with Crippen LogP contribution < -0.4 is 5.32 Å². The van der Waals surface area contributed by atoms with E-state index in [1.54, 1.807) is 7.11 Å². The van der Waals surface area contributed by atoms with Crippen LogP contribution in [-0.4, -0.2) is 55.3 Å². The topological polar surface area (TPSA) is 61.8 Å². The zero-order valence-electron chi connectivity index (χ0n) is 18.4. The van der Waals surface area contributed by atoms with Gasteiger partial charge in [-0.15, -0.1) is 0 Å². The molecule has 1 aliphatic heterocycles. The van der Waals surface area contributed by atoms with E-state index in [2.05, 4.69) is 17.1 Å². The summed E-state index contributed by atoms with van der Waals surface area (Å²) in [6.07, 6.45) is 8.76. The van der Waals surface area contributed by atoms with Crippen molar-refractivity contribution in [2.45, 2.75) is 76.9 Å². The predicted octanol–water partition coefficient (Wildman–Crippen LogP) is 3.85. The Morgan fingerprint density at radius 1 is 1.14 bits per heavy atom. The highest BCUT2D eigenvalue weighted by molar-refractivity contribution is 5.76. The van der Waals surface area contributed by atoms with Crippen LogP contribution in [0.1, 0.15) is 75.5 Å². The van der Waals surface area contributed by atoms with E-state index < -0.39 is 6.10 Å². The highest BCUT2D eigenvalue weighted by Crippen LogP contribution is 2.21. The Bertz CT molecular complexity index is 570. The lowest BCUT2D eigenvalue weighted by Crippen LogP contribution is -2.46. The molecular weight excluding hydrogens is 364 g/mol. The molecule has 1 aromatic rings. The molecule has 2 atom stereocenters. The number of amides is 1. The Hall–Kier alpha value is -1.43. The standard InChI is InChI=1S/C24H40N2O3/c1-3-4-5-6-7-10-23(27)25-22(19-26-16-8-9-17-26)24(28)21-13-11-20(12-14-21)15-18-29-2/h11-14,22,24,28H,3-10,15-19H2,1-2H3,(H,25,27)/t22-,24-/m1/s1. The number of aliphatic hydroxyl groups excluding tert-OH is 1. The first-order chi connectivity index (χ1) is 14.1. The SMILES string of the molecule is CCCCCCCC(=O)N[C@H](CN1CCCC1)[C@H](O)c1ccc(CCOC)cc1. The average Bonchev–Trinajstić information content (AvgIpc) is 3.24. The van der Waals surface area contributed by atoms with Crippen LogP contribution in [0, 0.1) is 0 Å². The summed E-state index contributed by atoms with van der Waals surface area (Å²) in [6.45, 7) is 5.68. The zero-order valence-corrected chi connectivity index (χ0v) is 18.4. The number of hydrogen-bond donors (Lipinski definition) is 2. The number of rotatable bonds is 14. The van der Waals surface area contributed by atoms with Crippen molar-refractivity contribution < 1.29 is 14.6 Å². The molecule has 1 aliphatic rings. The second-order valence-corrected chi connectivity index (χ2v) is 8.28. The summed E-state index contributed by atoms with van der Waals surface area (Å²) in [5.41, 5.74) is 2.05. The number of ether oxygens (including phenoxy) is 1. The molecule has 0 aliphatic carbocycles. The van der Waals surface area contributed by atoms with Crippen molar-refractivity contribution in [3.8, 4) is 0 Å². The maximum Gasteiger partial charge on any atom is 0.220 e. The molecule has 1 saturated heterocycles. The molecule has 1 amide bonds. The Kier molecular flexibility index (Phi) is 11.3. The minimum absolute atomic E-state index is 0.0569. The quantitative estimate of drug-likeness (QED) is 0.462. The molecule has 1 heterocycles. The number of nitrogens with one attached hydrogen (secondary N) is 1. The molecule has 0 aromatic heterocycles. The highest BCUT2D eigenvalue weighted by Gasteiger charge is 2.26. The summed E-state index contributed by atoms with van der Waals surface area (Å²) in [6, 6.07) is 7.76. The molecule has 2 N–H and O–H groups in total. The predicted molar refractivity (Wildman–Crippen MR) is 118 cm³/mol. The van der Waals surface area contributed by atoms with Gasteiger partial charge in [-0.05, 0) is 49.9 Å². The van der Waals surface area contributed by atoms with Crippen LogP contribution in [0.25, 0.3) is 0 Å². The third kappa shape index (κ3) is 8.85. The molecule has 5 nitrogen and oxygen atoms in total. The fourth-order valence-corrected chi connectivity index (χ4v) is 3.97. The summed E-state index contributed by atoms with van der Waals surface area (Å²) in [7, 11) is 1.70. The van der Waals surface area contributed by atoms with Crippen molar-refractivity contribution in [1.29, 1.82) is 0 Å². The van der Waals surface area contributed by atoms with Crippen LogP contribution in [0.5, 0.6) is 0 Å². The summed E-state index contributed by atoms with van der Waals surface area (Å²) >= 11 is 0. The van der Waals surface area contributed by atoms with Gasteiger partial charge in [0.25, 0.3) is 0 Å². The van der Waals surface area contributed by atoms with E-state index in [0.29, 0.717) is 19.6 Å². The number of unbranched alkanes of at least 4 members (excludes halogenated alkanes) is 4. The van der Waals surface area contributed by atoms with Gasteiger partial charge in [0.15, 0.2) is 0 Å². The van der Waals surface area contributed by atoms with E-state index in [4.69, 9.17) is 4.74 Å². The van der Waals surface area contributed by atoms with Crippen molar-refractivity contribution in [2.75, 3.05) is 33.4 Å². The van der Waals surface area contributed by atoms with Crippen LogP contribution >= 0.6 is 0 Å². The summed E-state index contributed by atoms with van der Waals surface area (Å²) in [5, 5.41) is 14.2. The molecule has 164 valence electrons. The maximum absolute atomic E-state index is 12.5. The third-order valence-corrected chi connectivity index (χ3v) is 5.80. The third-order valence-electron chi connectivity index (χ3n) is 5.80. The van der Waals surface area contributed by atoms with E-state index in [9.17, 15) is 9.90 Å². The van der Waals surface area contributed by atoms with Gasteiger partial charge in [-0.2, -0.15) is 0 Å². The Balaban J connectivity index is 1.93. The van der Waals surface area contributed by atoms with Crippen LogP contribution in [-0.2, 0) is 16.0 Å². The first kappa shape index (κ1) is 23.8. The number of hydrogen-bond acceptors (Lipinski definition) is 4. The largest absolute Gasteiger partial charge is 0.386 e. The Morgan fingerprint density at radius 3 is 2.48 bits per heavy atom. The lowest BCUT2D eigenvalue weighted by molar-refractivity contribution is -0.123. The minimum atomic E-state index is -0.698. The van der Waals surface area contributed by atoms with E-state index in [1.165, 1.54) is 37.7 Å². The molecule has 2 rings (SSSR count). The van der Waals surface area contributed by atoms with Crippen LogP contribution in [0.15, 0.2) is 24.3 Å². The van der Waals surface area contributed by atoms with Crippen molar-refractivity contribution >= 4 is 5.91 Å². The van der Waals surface area contributed by atoms with Gasteiger partial charge < -0.3 is 20.1 Å². The van der Waals surface area contributed by atoms with Crippen molar-refractivity contribution in [3.05, 3.63) is 35.4 Å². The van der Waals surface area contributed by atoms with Gasteiger partial charge in [-0.3, -0.25) is 4.79 Å². The van der Waals surface area contributed by atoms with Gasteiger partial charge in [0.05, 0.1) is 12.6 Å². The molecule has 0 radical (unpaired) electrons. The van der Waals surface area contributed by atoms with E-state index in [-0.39, 0.29) is 11.9 Å². The average molecular weight is 405 g/mol. The van der Waals surface area contributed by atoms with Gasteiger partial charge in [-0.1, -0.05) is 56.9 Å². The van der Waals surface area contributed by atoms with Crippen molar-refractivity contribution in [1.82, 2.24) is 10.2 Å². The molecule has 1 fully saturated rings. The van der Waals surface area contributed by atoms with Gasteiger partial charge in [-0.25, -0.2) is 0 Å². The summed E-state index contributed by atoms with van der Waals surface area (Å²) in [5.74, 6) is 0.0569. The molecule has 0 unspecified atom stereocenters. The molecule has 5 heteroatoms. The van der Waals surface area contributed by atoms with Crippen LogP contribution in [0.3, 0.4) is 0 Å². The van der Waals surface area contributed by atoms with Crippen LogP contribution in [0.4, 0.5) is 0 Å². The van der Waals surface area contributed by atoms with Gasteiger partial charge in [0, 0.05) is 20.1 Å². The molecule has 0 bridgehead atoms. The summed E-state index contributed by atoms with van der Waals surface area (Å²) < 4.78 is 5.13. The first-order valence-corrected chi connectivity index (χ1v) is 11.4. The zero-order chi connectivity index (χ0) is 20.9. The number of carbonyl (C=O) groups excluding carboxylic acids is 1. The summed E-state index contributed by atoms with van der Waals surface area (Å²) in [4.78, 5) is 14.9. The van der Waals surface area contributed by atoms with Gasteiger partial charge in [0.1, 0.15) is 6.10 Å². The monoisotopic (exact) mass is 404 g/mol. The smallest absolute Gasteiger partial charge is 0.220 e. The molecule has 0 saturated carbocycles. The highest BCUT2D eigenvalue weighted by atomic mass is 16.5. The number of methoxy groups -OCH3 is 1. The van der Waals surface area contributed by atoms with Gasteiger partial charge >= 0.3 is 0 Å². The lowest BCUT2D eigenvalue weighted by atomic mass is 9.99. The minimum Gasteiger partial charge on any atom is -0.386 e. The fraction of sp³-hybridized carbons (Fsp3) is 0.708. The molecule has 0 spiro atoms. The fourth-order valence-electron chi connectivity index (χ4n) is 3.97. The van der Waals surface area contributed by atoms with E-state index >= 15 is 0 Å². The second kappa shape index (κ2) is 13.7.